The minimum atomic E-state index is -0.204. The number of ether oxygens (including phenoxy) is 1. The summed E-state index contributed by atoms with van der Waals surface area (Å²) in [5, 5.41) is 6.78. The monoisotopic (exact) mass is 562 g/mol. The second-order valence-corrected chi connectivity index (χ2v) is 11.6. The van der Waals surface area contributed by atoms with Crippen molar-refractivity contribution in [3.63, 3.8) is 0 Å². The first-order valence-corrected chi connectivity index (χ1v) is 15.2. The molecule has 3 aromatic rings. The molecule has 41 heavy (non-hydrogen) atoms. The first kappa shape index (κ1) is 28.1. The van der Waals surface area contributed by atoms with Crippen LogP contribution in [0.2, 0.25) is 0 Å². The van der Waals surface area contributed by atoms with Crippen LogP contribution >= 0.6 is 0 Å². The Kier molecular flexibility index (Phi) is 8.50. The number of pyridine rings is 1. The van der Waals surface area contributed by atoms with Gasteiger partial charge in [0, 0.05) is 83.4 Å². The van der Waals surface area contributed by atoms with E-state index in [9.17, 15) is 0 Å². The molecule has 220 valence electrons. The molecule has 0 bridgehead atoms. The Morgan fingerprint density at radius 3 is 2.39 bits per heavy atom. The van der Waals surface area contributed by atoms with Gasteiger partial charge in [-0.2, -0.15) is 0 Å². The molecule has 3 saturated heterocycles. The number of aryl methyl sites for hydroxylation is 1. The van der Waals surface area contributed by atoms with Crippen molar-refractivity contribution in [2.75, 3.05) is 82.1 Å². The van der Waals surface area contributed by atoms with E-state index >= 15 is 4.39 Å². The summed E-state index contributed by atoms with van der Waals surface area (Å²) >= 11 is 0. The Morgan fingerprint density at radius 2 is 1.71 bits per heavy atom. The van der Waals surface area contributed by atoms with E-state index in [0.717, 1.165) is 113 Å². The van der Waals surface area contributed by atoms with E-state index in [-0.39, 0.29) is 5.82 Å². The molecule has 0 unspecified atom stereocenters. The average Bonchev–Trinajstić information content (AvgIpc) is 3.01. The summed E-state index contributed by atoms with van der Waals surface area (Å²) in [5.41, 5.74) is 4.54. The molecule has 3 aliphatic heterocycles. The van der Waals surface area contributed by atoms with E-state index < -0.39 is 0 Å². The molecular formula is C31H43FN8O. The van der Waals surface area contributed by atoms with Crippen LogP contribution in [0.3, 0.4) is 0 Å². The van der Waals surface area contributed by atoms with Gasteiger partial charge in [0.1, 0.15) is 22.7 Å². The number of likely N-dealkylation sites (N-methyl/N-ethyl adjacent to an activating group) is 1. The number of piperazine rings is 1. The zero-order valence-electron chi connectivity index (χ0n) is 24.6. The highest BCUT2D eigenvalue weighted by atomic mass is 19.1. The van der Waals surface area contributed by atoms with Crippen LogP contribution in [0.5, 0.6) is 0 Å². The van der Waals surface area contributed by atoms with Crippen LogP contribution in [0.15, 0.2) is 24.4 Å². The number of hydrogen-bond donors (Lipinski definition) is 2. The normalized spacial score (nSPS) is 20.0. The van der Waals surface area contributed by atoms with Gasteiger partial charge < -0.3 is 25.2 Å². The minimum Gasteiger partial charge on any atom is -0.381 e. The molecule has 0 radical (unpaired) electrons. The van der Waals surface area contributed by atoms with Crippen LogP contribution in [-0.4, -0.2) is 103 Å². The number of hydrogen-bond acceptors (Lipinski definition) is 9. The molecule has 2 N–H and O–H groups in total. The Hall–Kier alpha value is -3.08. The van der Waals surface area contributed by atoms with Gasteiger partial charge in [0.05, 0.1) is 11.4 Å². The van der Waals surface area contributed by atoms with E-state index in [0.29, 0.717) is 29.1 Å². The molecular weight excluding hydrogens is 519 g/mol. The summed E-state index contributed by atoms with van der Waals surface area (Å²) < 4.78 is 21.3. The molecule has 0 amide bonds. The van der Waals surface area contributed by atoms with Crippen molar-refractivity contribution in [1.29, 1.82) is 0 Å². The van der Waals surface area contributed by atoms with Crippen molar-refractivity contribution < 1.29 is 9.13 Å². The van der Waals surface area contributed by atoms with Gasteiger partial charge in [-0.15, -0.1) is 0 Å². The van der Waals surface area contributed by atoms with Crippen molar-refractivity contribution in [3.8, 4) is 11.1 Å². The number of piperidine rings is 1. The van der Waals surface area contributed by atoms with Crippen LogP contribution in [-0.2, 0) is 11.2 Å². The Bertz CT molecular complexity index is 1350. The standard InChI is InChI=1S/C31H43FN8O/c1-4-26-30(35-22-9-17-41-18-10-22)37-28-24(20-34-31(33-2)29(28)36-26)21-5-6-27(25(32)19-21)40-11-7-23(8-12-40)39-15-13-38(3)14-16-39/h5-6,19-20,22-23H,4,7-18H2,1-3H3,(H,33,34)(H,35,37). The summed E-state index contributed by atoms with van der Waals surface area (Å²) in [7, 11) is 4.03. The Morgan fingerprint density at radius 1 is 0.951 bits per heavy atom. The molecule has 5 heterocycles. The van der Waals surface area contributed by atoms with Gasteiger partial charge >= 0.3 is 0 Å². The average molecular weight is 563 g/mol. The summed E-state index contributed by atoms with van der Waals surface area (Å²) in [6.07, 6.45) is 6.55. The molecule has 0 spiro atoms. The summed E-state index contributed by atoms with van der Waals surface area (Å²) in [4.78, 5) is 21.9. The summed E-state index contributed by atoms with van der Waals surface area (Å²) in [6.45, 7) is 9.86. The molecule has 2 aromatic heterocycles. The van der Waals surface area contributed by atoms with Crippen LogP contribution in [0.1, 0.15) is 38.3 Å². The van der Waals surface area contributed by atoms with E-state index in [4.69, 9.17) is 14.7 Å². The molecule has 9 nitrogen and oxygen atoms in total. The van der Waals surface area contributed by atoms with Gasteiger partial charge in [-0.1, -0.05) is 13.0 Å². The molecule has 3 aliphatic rings. The van der Waals surface area contributed by atoms with Crippen LogP contribution in [0.25, 0.3) is 22.2 Å². The predicted molar refractivity (Wildman–Crippen MR) is 163 cm³/mol. The Labute approximate surface area is 242 Å². The lowest BCUT2D eigenvalue weighted by Gasteiger charge is -2.42. The van der Waals surface area contributed by atoms with Crippen molar-refractivity contribution in [2.45, 2.75) is 51.1 Å². The minimum absolute atomic E-state index is 0.204. The van der Waals surface area contributed by atoms with Gasteiger partial charge in [0.2, 0.25) is 0 Å². The smallest absolute Gasteiger partial charge is 0.153 e. The SMILES string of the molecule is CCc1nc2c(NC)ncc(-c3ccc(N4CCC(N5CCN(C)CC5)CC4)c(F)c3)c2nc1NC1CCOCC1. The molecule has 1 aromatic carbocycles. The van der Waals surface area contributed by atoms with Crippen LogP contribution in [0, 0.1) is 5.82 Å². The number of nitrogens with zero attached hydrogens (tertiary/aromatic N) is 6. The van der Waals surface area contributed by atoms with E-state index in [2.05, 4.69) is 44.3 Å². The van der Waals surface area contributed by atoms with E-state index in [1.54, 1.807) is 12.3 Å². The third-order valence-corrected chi connectivity index (χ3v) is 9.02. The fourth-order valence-electron chi connectivity index (χ4n) is 6.46. The first-order valence-electron chi connectivity index (χ1n) is 15.2. The molecule has 6 rings (SSSR count). The van der Waals surface area contributed by atoms with E-state index in [1.165, 1.54) is 0 Å². The number of rotatable bonds is 7. The summed E-state index contributed by atoms with van der Waals surface area (Å²) in [5.74, 6) is 1.26. The second kappa shape index (κ2) is 12.4. The Balaban J connectivity index is 1.25. The molecule has 0 saturated carbocycles. The van der Waals surface area contributed by atoms with Crippen LogP contribution < -0.4 is 15.5 Å². The van der Waals surface area contributed by atoms with E-state index in [1.807, 2.05) is 19.2 Å². The van der Waals surface area contributed by atoms with Gasteiger partial charge in [-0.3, -0.25) is 4.90 Å². The lowest BCUT2D eigenvalue weighted by molar-refractivity contribution is 0.0903. The number of nitrogens with one attached hydrogen (secondary N) is 2. The quantitative estimate of drug-likeness (QED) is 0.439. The zero-order valence-corrected chi connectivity index (χ0v) is 24.6. The number of benzene rings is 1. The first-order chi connectivity index (χ1) is 20.0. The fraction of sp³-hybridized carbons (Fsp3) is 0.581. The van der Waals surface area contributed by atoms with Crippen molar-refractivity contribution in [2.24, 2.45) is 0 Å². The molecule has 0 atom stereocenters. The van der Waals surface area contributed by atoms with Gasteiger partial charge in [0.15, 0.2) is 5.82 Å². The number of halogens is 1. The summed E-state index contributed by atoms with van der Waals surface area (Å²) in [6, 6.07) is 6.46. The van der Waals surface area contributed by atoms with Crippen molar-refractivity contribution in [1.82, 2.24) is 24.8 Å². The van der Waals surface area contributed by atoms with Gasteiger partial charge in [-0.05, 0) is 56.8 Å². The highest BCUT2D eigenvalue weighted by Crippen LogP contribution is 2.35. The lowest BCUT2D eigenvalue weighted by Crippen LogP contribution is -2.52. The maximum absolute atomic E-state index is 15.7. The van der Waals surface area contributed by atoms with Gasteiger partial charge in [0.25, 0.3) is 0 Å². The predicted octanol–water partition coefficient (Wildman–Crippen LogP) is 4.24. The van der Waals surface area contributed by atoms with Crippen molar-refractivity contribution in [3.05, 3.63) is 35.9 Å². The number of aromatic nitrogens is 3. The maximum Gasteiger partial charge on any atom is 0.153 e. The number of anilines is 3. The molecule has 0 aliphatic carbocycles. The second-order valence-electron chi connectivity index (χ2n) is 11.6. The topological polar surface area (TPSA) is 81.7 Å². The third kappa shape index (κ3) is 5.96. The molecule has 10 heteroatoms. The van der Waals surface area contributed by atoms with Gasteiger partial charge in [-0.25, -0.2) is 19.3 Å². The third-order valence-electron chi connectivity index (χ3n) is 9.02. The van der Waals surface area contributed by atoms with Crippen LogP contribution in [0.4, 0.5) is 21.7 Å². The van der Waals surface area contributed by atoms with Crippen molar-refractivity contribution >= 4 is 28.4 Å². The number of fused-ring (bicyclic) bond motifs is 1. The fourth-order valence-corrected chi connectivity index (χ4v) is 6.46. The highest BCUT2D eigenvalue weighted by Gasteiger charge is 2.28. The zero-order chi connectivity index (χ0) is 28.3. The highest BCUT2D eigenvalue weighted by molar-refractivity contribution is 5.97. The lowest BCUT2D eigenvalue weighted by atomic mass is 10.0. The molecule has 3 fully saturated rings. The maximum atomic E-state index is 15.7. The largest absolute Gasteiger partial charge is 0.381 e.